The SMILES string of the molecule is COc1ncc(N2CCc3nc(N[C@H]4CCN(C(=O)C5CCOCC5)C4)ncc3C2)cc1C. The number of nitrogens with zero attached hydrogens (tertiary/aromatic N) is 5. The van der Waals surface area contributed by atoms with Crippen molar-refractivity contribution in [2.75, 3.05) is 50.2 Å². The average molecular weight is 453 g/mol. The number of anilines is 2. The van der Waals surface area contributed by atoms with Gasteiger partial charge in [0.15, 0.2) is 0 Å². The predicted octanol–water partition coefficient (Wildman–Crippen LogP) is 2.19. The van der Waals surface area contributed by atoms with E-state index in [0.29, 0.717) is 31.6 Å². The second-order valence-electron chi connectivity index (χ2n) is 9.16. The lowest BCUT2D eigenvalue weighted by Crippen LogP contribution is -2.38. The van der Waals surface area contributed by atoms with E-state index in [1.165, 1.54) is 0 Å². The number of hydrogen-bond donors (Lipinski definition) is 1. The van der Waals surface area contributed by atoms with E-state index in [1.807, 2.05) is 24.2 Å². The Morgan fingerprint density at radius 3 is 2.82 bits per heavy atom. The van der Waals surface area contributed by atoms with Gasteiger partial charge in [-0.3, -0.25) is 4.79 Å². The van der Waals surface area contributed by atoms with E-state index in [-0.39, 0.29) is 17.9 Å². The molecule has 0 saturated carbocycles. The lowest BCUT2D eigenvalue weighted by molar-refractivity contribution is -0.137. The molecule has 5 rings (SSSR count). The molecule has 1 atom stereocenters. The number of amides is 1. The summed E-state index contributed by atoms with van der Waals surface area (Å²) < 4.78 is 10.7. The largest absolute Gasteiger partial charge is 0.481 e. The molecule has 0 aromatic carbocycles. The van der Waals surface area contributed by atoms with Crippen molar-refractivity contribution in [1.82, 2.24) is 19.9 Å². The smallest absolute Gasteiger partial charge is 0.225 e. The fraction of sp³-hybridized carbons (Fsp3) is 0.583. The van der Waals surface area contributed by atoms with Gasteiger partial charge in [0.05, 0.1) is 24.7 Å². The standard InChI is InChI=1S/C24H32N6O3/c1-16-11-20(13-25-22(16)32-2)29-8-4-21-18(14-29)12-26-24(28-21)27-19-3-7-30(15-19)23(31)17-5-9-33-10-6-17/h11-13,17,19H,3-10,14-15H2,1-2H3,(H,26,27,28)/t19-/m0/s1. The Hall–Kier alpha value is -2.94. The van der Waals surface area contributed by atoms with Gasteiger partial charge in [-0.1, -0.05) is 0 Å². The number of likely N-dealkylation sites (tertiary alicyclic amines) is 1. The minimum absolute atomic E-state index is 0.116. The molecule has 9 heteroatoms. The first kappa shape index (κ1) is 21.9. The van der Waals surface area contributed by atoms with Crippen molar-refractivity contribution in [3.63, 3.8) is 0 Å². The third kappa shape index (κ3) is 4.73. The molecule has 2 aromatic heterocycles. The van der Waals surface area contributed by atoms with Crippen LogP contribution in [0.15, 0.2) is 18.5 Å². The van der Waals surface area contributed by atoms with Crippen molar-refractivity contribution in [2.45, 2.75) is 45.2 Å². The summed E-state index contributed by atoms with van der Waals surface area (Å²) in [6.07, 6.45) is 7.25. The number of pyridine rings is 1. The minimum atomic E-state index is 0.116. The number of nitrogens with one attached hydrogen (secondary N) is 1. The molecule has 0 bridgehead atoms. The molecule has 33 heavy (non-hydrogen) atoms. The van der Waals surface area contributed by atoms with Crippen LogP contribution in [0.3, 0.4) is 0 Å². The topological polar surface area (TPSA) is 92.7 Å². The Balaban J connectivity index is 1.19. The number of aromatic nitrogens is 3. The van der Waals surface area contributed by atoms with E-state index < -0.39 is 0 Å². The summed E-state index contributed by atoms with van der Waals surface area (Å²) in [7, 11) is 1.64. The molecular weight excluding hydrogens is 420 g/mol. The predicted molar refractivity (Wildman–Crippen MR) is 124 cm³/mol. The first-order valence-electron chi connectivity index (χ1n) is 11.8. The Bertz CT molecular complexity index is 1010. The maximum absolute atomic E-state index is 12.8. The molecule has 1 amide bonds. The Kier molecular flexibility index (Phi) is 6.30. The van der Waals surface area contributed by atoms with Crippen molar-refractivity contribution in [1.29, 1.82) is 0 Å². The monoisotopic (exact) mass is 452 g/mol. The van der Waals surface area contributed by atoms with E-state index >= 15 is 0 Å². The van der Waals surface area contributed by atoms with Gasteiger partial charge in [-0.05, 0) is 32.3 Å². The number of fused-ring (bicyclic) bond motifs is 1. The van der Waals surface area contributed by atoms with Gasteiger partial charge < -0.3 is 24.6 Å². The fourth-order valence-corrected chi connectivity index (χ4v) is 5.00. The second kappa shape index (κ2) is 9.51. The third-order valence-corrected chi connectivity index (χ3v) is 6.91. The van der Waals surface area contributed by atoms with Crippen LogP contribution in [-0.4, -0.2) is 71.8 Å². The maximum Gasteiger partial charge on any atom is 0.225 e. The number of aryl methyl sites for hydroxylation is 1. The van der Waals surface area contributed by atoms with E-state index in [1.54, 1.807) is 7.11 Å². The molecular formula is C24H32N6O3. The average Bonchev–Trinajstić information content (AvgIpc) is 3.32. The summed E-state index contributed by atoms with van der Waals surface area (Å²) in [5.41, 5.74) is 4.34. The van der Waals surface area contributed by atoms with Crippen LogP contribution in [-0.2, 0) is 22.5 Å². The number of rotatable bonds is 5. The zero-order valence-corrected chi connectivity index (χ0v) is 19.4. The number of hydrogen-bond acceptors (Lipinski definition) is 8. The van der Waals surface area contributed by atoms with Crippen LogP contribution in [0.25, 0.3) is 0 Å². The quantitative estimate of drug-likeness (QED) is 0.738. The van der Waals surface area contributed by atoms with Gasteiger partial charge in [-0.2, -0.15) is 0 Å². The third-order valence-electron chi connectivity index (χ3n) is 6.91. The highest BCUT2D eigenvalue weighted by Crippen LogP contribution is 2.27. The highest BCUT2D eigenvalue weighted by atomic mass is 16.5. The number of methoxy groups -OCH3 is 1. The Morgan fingerprint density at radius 2 is 2.03 bits per heavy atom. The van der Waals surface area contributed by atoms with Crippen molar-refractivity contribution in [3.8, 4) is 5.88 Å². The highest BCUT2D eigenvalue weighted by Gasteiger charge is 2.32. The molecule has 3 aliphatic heterocycles. The molecule has 0 spiro atoms. The zero-order chi connectivity index (χ0) is 22.8. The van der Waals surface area contributed by atoms with Crippen LogP contribution in [0.5, 0.6) is 5.88 Å². The normalized spacial score (nSPS) is 21.1. The molecule has 0 aliphatic carbocycles. The fourth-order valence-electron chi connectivity index (χ4n) is 5.00. The summed E-state index contributed by atoms with van der Waals surface area (Å²) in [6, 6.07) is 2.31. The molecule has 9 nitrogen and oxygen atoms in total. The van der Waals surface area contributed by atoms with Crippen LogP contribution in [0.1, 0.15) is 36.1 Å². The van der Waals surface area contributed by atoms with Crippen molar-refractivity contribution in [2.24, 2.45) is 5.92 Å². The van der Waals surface area contributed by atoms with Gasteiger partial charge in [0.25, 0.3) is 0 Å². The van der Waals surface area contributed by atoms with Gasteiger partial charge in [0.2, 0.25) is 17.7 Å². The van der Waals surface area contributed by atoms with Crippen LogP contribution in [0.4, 0.5) is 11.6 Å². The number of carbonyl (C=O) groups excluding carboxylic acids is 1. The van der Waals surface area contributed by atoms with Crippen molar-refractivity contribution < 1.29 is 14.3 Å². The minimum Gasteiger partial charge on any atom is -0.481 e. The van der Waals surface area contributed by atoms with E-state index in [9.17, 15) is 4.79 Å². The summed E-state index contributed by atoms with van der Waals surface area (Å²) in [4.78, 5) is 30.9. The molecule has 3 aliphatic rings. The van der Waals surface area contributed by atoms with Gasteiger partial charge in [-0.25, -0.2) is 15.0 Å². The van der Waals surface area contributed by atoms with Crippen LogP contribution >= 0.6 is 0 Å². The molecule has 0 radical (unpaired) electrons. The van der Waals surface area contributed by atoms with Gasteiger partial charge in [-0.15, -0.1) is 0 Å². The lowest BCUT2D eigenvalue weighted by atomic mass is 9.99. The Morgan fingerprint density at radius 1 is 1.18 bits per heavy atom. The first-order chi connectivity index (χ1) is 16.1. The molecule has 2 fully saturated rings. The van der Waals surface area contributed by atoms with Gasteiger partial charge in [0, 0.05) is 75.1 Å². The summed E-state index contributed by atoms with van der Waals surface area (Å²) in [5.74, 6) is 1.71. The van der Waals surface area contributed by atoms with E-state index in [0.717, 1.165) is 67.8 Å². The molecule has 0 unspecified atom stereocenters. The van der Waals surface area contributed by atoms with Crippen LogP contribution in [0, 0.1) is 12.8 Å². The molecule has 5 heterocycles. The van der Waals surface area contributed by atoms with E-state index in [4.69, 9.17) is 14.5 Å². The van der Waals surface area contributed by atoms with Crippen molar-refractivity contribution >= 4 is 17.5 Å². The van der Waals surface area contributed by atoms with E-state index in [2.05, 4.69) is 26.3 Å². The first-order valence-corrected chi connectivity index (χ1v) is 11.8. The molecule has 2 saturated heterocycles. The summed E-state index contributed by atoms with van der Waals surface area (Å²) in [5, 5.41) is 3.46. The van der Waals surface area contributed by atoms with Crippen molar-refractivity contribution in [3.05, 3.63) is 35.3 Å². The summed E-state index contributed by atoms with van der Waals surface area (Å²) >= 11 is 0. The molecule has 176 valence electrons. The summed E-state index contributed by atoms with van der Waals surface area (Å²) in [6.45, 7) is 6.56. The number of carbonyl (C=O) groups is 1. The number of ether oxygens (including phenoxy) is 2. The molecule has 2 aromatic rings. The Labute approximate surface area is 194 Å². The molecule has 1 N–H and O–H groups in total. The van der Waals surface area contributed by atoms with Crippen LogP contribution < -0.4 is 15.0 Å². The van der Waals surface area contributed by atoms with Gasteiger partial charge in [0.1, 0.15) is 0 Å². The zero-order valence-electron chi connectivity index (χ0n) is 19.4. The lowest BCUT2D eigenvalue weighted by Gasteiger charge is -2.30. The highest BCUT2D eigenvalue weighted by molar-refractivity contribution is 5.79. The maximum atomic E-state index is 12.8. The second-order valence-corrected chi connectivity index (χ2v) is 9.16. The van der Waals surface area contributed by atoms with Crippen LogP contribution in [0.2, 0.25) is 0 Å². The van der Waals surface area contributed by atoms with Gasteiger partial charge >= 0.3 is 0 Å².